The number of aryl methyl sites for hydroxylation is 2. The summed E-state index contributed by atoms with van der Waals surface area (Å²) in [6, 6.07) is -0.0744. The van der Waals surface area contributed by atoms with E-state index in [2.05, 4.69) is 4.98 Å². The molecule has 21 heavy (non-hydrogen) atoms. The van der Waals surface area contributed by atoms with E-state index in [1.54, 1.807) is 23.3 Å². The zero-order valence-corrected chi connectivity index (χ0v) is 13.8. The van der Waals surface area contributed by atoms with E-state index in [0.717, 1.165) is 22.0 Å². The Balaban J connectivity index is 2.08. The zero-order chi connectivity index (χ0) is 15.8. The first-order valence-corrected chi connectivity index (χ1v) is 8.01. The number of thiazole rings is 1. The molecule has 1 atom stereocenters. The Morgan fingerprint density at radius 1 is 1.43 bits per heavy atom. The molecule has 0 spiro atoms. The van der Waals surface area contributed by atoms with E-state index in [0.29, 0.717) is 12.8 Å². The lowest BCUT2D eigenvalue weighted by Crippen LogP contribution is -2.43. The molecule has 1 aromatic heterocycles. The van der Waals surface area contributed by atoms with Crippen molar-refractivity contribution >= 4 is 23.2 Å². The number of carbonyl (C=O) groups excluding carboxylic acids is 1. The lowest BCUT2D eigenvalue weighted by atomic mass is 9.66. The van der Waals surface area contributed by atoms with E-state index in [4.69, 9.17) is 0 Å². The summed E-state index contributed by atoms with van der Waals surface area (Å²) in [6.07, 6.45) is 2.20. The highest BCUT2D eigenvalue weighted by Crippen LogP contribution is 2.45. The Morgan fingerprint density at radius 3 is 2.43 bits per heavy atom. The van der Waals surface area contributed by atoms with Gasteiger partial charge in [-0.2, -0.15) is 0 Å². The van der Waals surface area contributed by atoms with Crippen LogP contribution in [0.25, 0.3) is 0 Å². The number of carboxylic acids is 1. The molecule has 1 unspecified atom stereocenters. The van der Waals surface area contributed by atoms with Crippen LogP contribution in [0.1, 0.15) is 54.2 Å². The number of carbonyl (C=O) groups is 2. The number of rotatable bonds is 5. The maximum Gasteiger partial charge on any atom is 0.310 e. The molecule has 116 valence electrons. The molecule has 0 aromatic carbocycles. The highest BCUT2D eigenvalue weighted by atomic mass is 32.1. The Kier molecular flexibility index (Phi) is 4.37. The number of hydrogen-bond donors (Lipinski definition) is 1. The lowest BCUT2D eigenvalue weighted by molar-refractivity contribution is -0.159. The molecular weight excluding hydrogens is 288 g/mol. The molecular formula is C15H22N2O3S. The van der Waals surface area contributed by atoms with Gasteiger partial charge in [-0.3, -0.25) is 9.59 Å². The summed E-state index contributed by atoms with van der Waals surface area (Å²) in [5.74, 6) is -0.942. The Morgan fingerprint density at radius 2 is 2.05 bits per heavy atom. The number of aliphatic carboxylic acids is 1. The maximum atomic E-state index is 12.4. The highest BCUT2D eigenvalue weighted by molar-refractivity contribution is 7.11. The Labute approximate surface area is 129 Å². The van der Waals surface area contributed by atoms with E-state index in [9.17, 15) is 14.7 Å². The quantitative estimate of drug-likeness (QED) is 0.907. The van der Waals surface area contributed by atoms with Gasteiger partial charge in [0.15, 0.2) is 0 Å². The fraction of sp³-hybridized carbons (Fsp3) is 0.667. The monoisotopic (exact) mass is 310 g/mol. The molecule has 5 nitrogen and oxygen atoms in total. The minimum atomic E-state index is -0.840. The van der Waals surface area contributed by atoms with Crippen LogP contribution in [0.3, 0.4) is 0 Å². The summed E-state index contributed by atoms with van der Waals surface area (Å²) in [5, 5.41) is 10.3. The molecule has 0 bridgehead atoms. The summed E-state index contributed by atoms with van der Waals surface area (Å²) in [6.45, 7) is 5.86. The predicted molar refractivity (Wildman–Crippen MR) is 81.3 cm³/mol. The Bertz CT molecular complexity index is 563. The van der Waals surface area contributed by atoms with Crippen molar-refractivity contribution in [3.05, 3.63) is 15.6 Å². The minimum Gasteiger partial charge on any atom is -0.481 e. The first kappa shape index (κ1) is 15.9. The number of carboxylic acid groups (broad SMARTS) is 1. The number of hydrogen-bond acceptors (Lipinski definition) is 4. The minimum absolute atomic E-state index is 0.0744. The van der Waals surface area contributed by atoms with Gasteiger partial charge >= 0.3 is 5.97 Å². The van der Waals surface area contributed by atoms with Crippen molar-refractivity contribution in [1.82, 2.24) is 9.88 Å². The van der Waals surface area contributed by atoms with Gasteiger partial charge in [0.25, 0.3) is 0 Å². The second kappa shape index (κ2) is 5.75. The molecule has 6 heteroatoms. The van der Waals surface area contributed by atoms with Gasteiger partial charge in [0, 0.05) is 18.3 Å². The fourth-order valence-corrected chi connectivity index (χ4v) is 3.83. The second-order valence-corrected chi connectivity index (χ2v) is 7.21. The van der Waals surface area contributed by atoms with Gasteiger partial charge in [0.2, 0.25) is 5.91 Å². The van der Waals surface area contributed by atoms with Crippen LogP contribution in [0, 0.1) is 19.3 Å². The summed E-state index contributed by atoms with van der Waals surface area (Å²) in [7, 11) is 1.75. The Hall–Kier alpha value is -1.43. The topological polar surface area (TPSA) is 70.5 Å². The molecule has 1 aromatic rings. The van der Waals surface area contributed by atoms with Gasteiger partial charge in [-0.1, -0.05) is 6.42 Å². The number of aromatic nitrogens is 1. The first-order chi connectivity index (χ1) is 9.77. The zero-order valence-electron chi connectivity index (χ0n) is 13.0. The highest BCUT2D eigenvalue weighted by Gasteiger charge is 2.46. The molecule has 1 aliphatic rings. The third-order valence-electron chi connectivity index (χ3n) is 4.55. The van der Waals surface area contributed by atoms with E-state index in [-0.39, 0.29) is 18.4 Å². The van der Waals surface area contributed by atoms with Crippen LogP contribution >= 0.6 is 11.3 Å². The van der Waals surface area contributed by atoms with Crippen molar-refractivity contribution in [2.45, 2.75) is 52.5 Å². The summed E-state index contributed by atoms with van der Waals surface area (Å²) in [5.41, 5.74) is 0.116. The van der Waals surface area contributed by atoms with Crippen LogP contribution in [0.4, 0.5) is 0 Å². The van der Waals surface area contributed by atoms with Crippen molar-refractivity contribution in [3.8, 4) is 0 Å². The van der Waals surface area contributed by atoms with Gasteiger partial charge in [0.1, 0.15) is 0 Å². The molecule has 1 saturated carbocycles. The number of amides is 1. The van der Waals surface area contributed by atoms with Gasteiger partial charge in [-0.15, -0.1) is 11.3 Å². The third kappa shape index (κ3) is 2.95. The molecule has 1 amide bonds. The molecule has 0 saturated heterocycles. The smallest absolute Gasteiger partial charge is 0.310 e. The van der Waals surface area contributed by atoms with Crippen LogP contribution in [0.15, 0.2) is 0 Å². The van der Waals surface area contributed by atoms with Crippen LogP contribution in [0.5, 0.6) is 0 Å². The van der Waals surface area contributed by atoms with Crippen LogP contribution < -0.4 is 0 Å². The van der Waals surface area contributed by atoms with Crippen molar-refractivity contribution in [3.63, 3.8) is 0 Å². The average Bonchev–Trinajstić information content (AvgIpc) is 2.70. The van der Waals surface area contributed by atoms with Crippen molar-refractivity contribution in [2.75, 3.05) is 7.05 Å². The normalized spacial score (nSPS) is 17.9. The summed E-state index contributed by atoms with van der Waals surface area (Å²) in [4.78, 5) is 30.9. The first-order valence-electron chi connectivity index (χ1n) is 7.20. The van der Waals surface area contributed by atoms with Crippen molar-refractivity contribution in [1.29, 1.82) is 0 Å². The average molecular weight is 310 g/mol. The van der Waals surface area contributed by atoms with Crippen LogP contribution in [0.2, 0.25) is 0 Å². The molecule has 1 aliphatic carbocycles. The summed E-state index contributed by atoms with van der Waals surface area (Å²) < 4.78 is 0. The van der Waals surface area contributed by atoms with E-state index in [1.165, 1.54) is 0 Å². The van der Waals surface area contributed by atoms with Crippen molar-refractivity contribution in [2.24, 2.45) is 5.41 Å². The molecule has 1 fully saturated rings. The molecule has 2 rings (SSSR count). The van der Waals surface area contributed by atoms with E-state index < -0.39 is 11.4 Å². The fourth-order valence-electron chi connectivity index (χ4n) is 2.81. The van der Waals surface area contributed by atoms with E-state index in [1.807, 2.05) is 20.8 Å². The standard InChI is InChI=1S/C15H22N2O3S/c1-9-13(21-11(3)16-9)10(2)17(4)12(18)8-15(14(19)20)6-5-7-15/h10H,5-8H2,1-4H3,(H,19,20). The predicted octanol–water partition coefficient (Wildman–Crippen LogP) is 2.92. The second-order valence-electron chi connectivity index (χ2n) is 5.98. The van der Waals surface area contributed by atoms with E-state index >= 15 is 0 Å². The molecule has 0 radical (unpaired) electrons. The molecule has 0 aliphatic heterocycles. The molecule has 1 N–H and O–H groups in total. The van der Waals surface area contributed by atoms with Crippen LogP contribution in [-0.4, -0.2) is 33.9 Å². The SMILES string of the molecule is Cc1nc(C)c(C(C)N(C)C(=O)CC2(C(=O)O)CCC2)s1. The summed E-state index contributed by atoms with van der Waals surface area (Å²) >= 11 is 1.59. The van der Waals surface area contributed by atoms with Crippen LogP contribution in [-0.2, 0) is 9.59 Å². The van der Waals surface area contributed by atoms with Gasteiger partial charge in [0.05, 0.1) is 22.2 Å². The van der Waals surface area contributed by atoms with Gasteiger partial charge in [-0.05, 0) is 33.6 Å². The molecule has 1 heterocycles. The maximum absolute atomic E-state index is 12.4. The number of nitrogens with zero attached hydrogens (tertiary/aromatic N) is 2. The lowest BCUT2D eigenvalue weighted by Gasteiger charge is -2.38. The third-order valence-corrected chi connectivity index (χ3v) is 5.79. The van der Waals surface area contributed by atoms with Gasteiger partial charge in [-0.25, -0.2) is 4.98 Å². The van der Waals surface area contributed by atoms with Crippen molar-refractivity contribution < 1.29 is 14.7 Å². The largest absolute Gasteiger partial charge is 0.481 e. The van der Waals surface area contributed by atoms with Gasteiger partial charge < -0.3 is 10.0 Å².